The number of hydrogen-bond donors (Lipinski definition) is 0. The van der Waals surface area contributed by atoms with Crippen molar-refractivity contribution in [2.24, 2.45) is 18.0 Å². The van der Waals surface area contributed by atoms with Gasteiger partial charge in [0.2, 0.25) is 0 Å². The van der Waals surface area contributed by atoms with Crippen LogP contribution in [-0.2, 0) is 21.9 Å². The van der Waals surface area contributed by atoms with E-state index in [2.05, 4.69) is 4.99 Å². The molecule has 1 aliphatic rings. The molecule has 6 nitrogen and oxygen atoms in total. The lowest BCUT2D eigenvalue weighted by Crippen LogP contribution is -2.40. The van der Waals surface area contributed by atoms with Crippen LogP contribution < -0.4 is 4.80 Å². The lowest BCUT2D eigenvalue weighted by Gasteiger charge is -2.29. The number of carbonyl (C=O) groups is 1. The van der Waals surface area contributed by atoms with Crippen LogP contribution in [0.25, 0.3) is 10.2 Å². The summed E-state index contributed by atoms with van der Waals surface area (Å²) in [5, 5.41) is 2.85. The highest BCUT2D eigenvalue weighted by Crippen LogP contribution is 2.31. The van der Waals surface area contributed by atoms with Gasteiger partial charge in [-0.25, -0.2) is 8.42 Å². The lowest BCUT2D eigenvalue weighted by molar-refractivity contribution is -0.122. The molecule has 1 fully saturated rings. The molecule has 0 atom stereocenters. The molecule has 0 bridgehead atoms. The van der Waals surface area contributed by atoms with Crippen molar-refractivity contribution in [3.05, 3.63) is 44.5 Å². The number of rotatable bonds is 3. The number of fused-ring (bicyclic) bond motifs is 1. The third-order valence-corrected chi connectivity index (χ3v) is 10.1. The standard InChI is InChI=1S/C18H17Cl2N3O3S3/c1-22-15-12(19)4-5-13(20)16(15)28-18(22)21-17(24)11-6-8-23(9-7-11)29(25,26)14-3-2-10-27-14/h2-5,10-11H,6-9H2,1H3. The molecule has 154 valence electrons. The van der Waals surface area contributed by atoms with Crippen LogP contribution in [0.15, 0.2) is 38.8 Å². The van der Waals surface area contributed by atoms with E-state index in [9.17, 15) is 13.2 Å². The van der Waals surface area contributed by atoms with Gasteiger partial charge < -0.3 is 4.57 Å². The van der Waals surface area contributed by atoms with Gasteiger partial charge in [0.1, 0.15) is 4.21 Å². The summed E-state index contributed by atoms with van der Waals surface area (Å²) in [6, 6.07) is 6.76. The number of thiophene rings is 1. The summed E-state index contributed by atoms with van der Waals surface area (Å²) >= 11 is 15.0. The van der Waals surface area contributed by atoms with Crippen molar-refractivity contribution in [1.29, 1.82) is 0 Å². The summed E-state index contributed by atoms with van der Waals surface area (Å²) in [5.74, 6) is -0.548. The van der Waals surface area contributed by atoms with Gasteiger partial charge in [-0.1, -0.05) is 40.6 Å². The van der Waals surface area contributed by atoms with Gasteiger partial charge in [-0.3, -0.25) is 4.79 Å². The van der Waals surface area contributed by atoms with E-state index in [1.165, 1.54) is 27.0 Å². The van der Waals surface area contributed by atoms with Crippen molar-refractivity contribution in [1.82, 2.24) is 8.87 Å². The second-order valence-electron chi connectivity index (χ2n) is 6.71. The zero-order chi connectivity index (χ0) is 20.8. The van der Waals surface area contributed by atoms with E-state index >= 15 is 0 Å². The molecule has 11 heteroatoms. The second kappa shape index (κ2) is 8.13. The van der Waals surface area contributed by atoms with Gasteiger partial charge in [0.05, 0.1) is 20.3 Å². The van der Waals surface area contributed by atoms with Crippen molar-refractivity contribution in [2.45, 2.75) is 17.1 Å². The minimum atomic E-state index is -3.48. The van der Waals surface area contributed by atoms with Crippen LogP contribution >= 0.6 is 45.9 Å². The van der Waals surface area contributed by atoms with Crippen molar-refractivity contribution in [2.75, 3.05) is 13.1 Å². The number of nitrogens with zero attached hydrogens (tertiary/aromatic N) is 3. The van der Waals surface area contributed by atoms with Gasteiger partial charge in [0.15, 0.2) is 4.80 Å². The minimum absolute atomic E-state index is 0.243. The summed E-state index contributed by atoms with van der Waals surface area (Å²) in [6.07, 6.45) is 0.895. The number of halogens is 2. The van der Waals surface area contributed by atoms with Crippen LogP contribution in [0, 0.1) is 5.92 Å². The molecule has 1 aliphatic heterocycles. The Labute approximate surface area is 186 Å². The van der Waals surface area contributed by atoms with Crippen molar-refractivity contribution >= 4 is 72.0 Å². The summed E-state index contributed by atoms with van der Waals surface area (Å²) in [6.45, 7) is 0.616. The number of thiazole rings is 1. The molecule has 0 radical (unpaired) electrons. The first-order valence-corrected chi connectivity index (χ1v) is 12.7. The van der Waals surface area contributed by atoms with Gasteiger partial charge in [-0.2, -0.15) is 9.30 Å². The number of aromatic nitrogens is 1. The average Bonchev–Trinajstić information content (AvgIpc) is 3.35. The first-order valence-electron chi connectivity index (χ1n) is 8.85. The Balaban J connectivity index is 1.54. The topological polar surface area (TPSA) is 71.7 Å². The lowest BCUT2D eigenvalue weighted by atomic mass is 9.98. The van der Waals surface area contributed by atoms with E-state index in [1.54, 1.807) is 41.3 Å². The highest BCUT2D eigenvalue weighted by atomic mass is 35.5. The molecule has 1 amide bonds. The third-order valence-electron chi connectivity index (χ3n) is 4.95. The molecule has 0 N–H and O–H groups in total. The van der Waals surface area contributed by atoms with E-state index in [1.807, 2.05) is 0 Å². The van der Waals surface area contributed by atoms with Crippen molar-refractivity contribution in [3.63, 3.8) is 0 Å². The Bertz CT molecular complexity index is 1240. The zero-order valence-corrected chi connectivity index (χ0v) is 19.3. The number of benzene rings is 1. The smallest absolute Gasteiger partial charge is 0.252 e. The van der Waals surface area contributed by atoms with Gasteiger partial charge in [0, 0.05) is 26.1 Å². The molecule has 0 spiro atoms. The Morgan fingerprint density at radius 3 is 2.48 bits per heavy atom. The van der Waals surface area contributed by atoms with Crippen LogP contribution in [-0.4, -0.2) is 36.3 Å². The van der Waals surface area contributed by atoms with Crippen LogP contribution in [0.1, 0.15) is 12.8 Å². The Morgan fingerprint density at radius 1 is 1.17 bits per heavy atom. The average molecular weight is 490 g/mol. The second-order valence-corrected chi connectivity index (χ2v) is 11.6. The van der Waals surface area contributed by atoms with E-state index in [4.69, 9.17) is 23.2 Å². The quantitative estimate of drug-likeness (QED) is 0.554. The minimum Gasteiger partial charge on any atom is -0.318 e. The SMILES string of the molecule is Cn1c(=NC(=O)C2CCN(S(=O)(=O)c3cccs3)CC2)sc2c(Cl)ccc(Cl)c21. The van der Waals surface area contributed by atoms with Gasteiger partial charge in [-0.15, -0.1) is 11.3 Å². The third kappa shape index (κ3) is 3.92. The maximum absolute atomic E-state index is 12.7. The highest BCUT2D eigenvalue weighted by molar-refractivity contribution is 7.91. The van der Waals surface area contributed by atoms with Crippen LogP contribution in [0.5, 0.6) is 0 Å². The highest BCUT2D eigenvalue weighted by Gasteiger charge is 2.32. The molecule has 1 saturated heterocycles. The maximum atomic E-state index is 12.7. The molecule has 29 heavy (non-hydrogen) atoms. The predicted octanol–water partition coefficient (Wildman–Crippen LogP) is 4.14. The number of piperidine rings is 1. The Kier molecular flexibility index (Phi) is 5.89. The molecule has 0 aliphatic carbocycles. The van der Waals surface area contributed by atoms with Crippen molar-refractivity contribution < 1.29 is 13.2 Å². The predicted molar refractivity (Wildman–Crippen MR) is 117 cm³/mol. The first kappa shape index (κ1) is 21.0. The molecular weight excluding hydrogens is 473 g/mol. The molecular formula is C18H17Cl2N3O3S3. The number of sulfonamides is 1. The molecule has 0 unspecified atom stereocenters. The van der Waals surface area contributed by atoms with Crippen LogP contribution in [0.2, 0.25) is 10.0 Å². The summed E-state index contributed by atoms with van der Waals surface area (Å²) in [7, 11) is -1.69. The Morgan fingerprint density at radius 2 is 1.86 bits per heavy atom. The summed E-state index contributed by atoms with van der Waals surface area (Å²) in [5.41, 5.74) is 0.743. The largest absolute Gasteiger partial charge is 0.318 e. The van der Waals surface area contributed by atoms with E-state index in [-0.39, 0.29) is 11.8 Å². The Hall–Kier alpha value is -1.23. The zero-order valence-electron chi connectivity index (χ0n) is 15.3. The number of amides is 1. The molecule has 3 heterocycles. The fourth-order valence-electron chi connectivity index (χ4n) is 3.35. The molecule has 2 aromatic heterocycles. The van der Waals surface area contributed by atoms with Gasteiger partial charge >= 0.3 is 0 Å². The van der Waals surface area contributed by atoms with Crippen molar-refractivity contribution in [3.8, 4) is 0 Å². The van der Waals surface area contributed by atoms with E-state index in [0.717, 1.165) is 10.2 Å². The first-order chi connectivity index (χ1) is 13.8. The van der Waals surface area contributed by atoms with Gasteiger partial charge in [0.25, 0.3) is 15.9 Å². The molecule has 4 rings (SSSR count). The summed E-state index contributed by atoms with van der Waals surface area (Å²) < 4.78 is 29.6. The number of aryl methyl sites for hydroxylation is 1. The van der Waals surface area contributed by atoms with Crippen LogP contribution in [0.4, 0.5) is 0 Å². The fourth-order valence-corrected chi connectivity index (χ4v) is 7.63. The van der Waals surface area contributed by atoms with Gasteiger partial charge in [-0.05, 0) is 36.4 Å². The summed E-state index contributed by atoms with van der Waals surface area (Å²) in [4.78, 5) is 17.6. The molecule has 1 aromatic carbocycles. The molecule has 3 aromatic rings. The van der Waals surface area contributed by atoms with E-state index < -0.39 is 10.0 Å². The maximum Gasteiger partial charge on any atom is 0.252 e. The molecule has 0 saturated carbocycles. The number of hydrogen-bond acceptors (Lipinski definition) is 5. The van der Waals surface area contributed by atoms with Crippen LogP contribution in [0.3, 0.4) is 0 Å². The normalized spacial score (nSPS) is 17.3. The fraction of sp³-hybridized carbons (Fsp3) is 0.333. The van der Waals surface area contributed by atoms with E-state index in [0.29, 0.717) is 45.0 Å². The number of carbonyl (C=O) groups excluding carboxylic acids is 1. The monoisotopic (exact) mass is 489 g/mol.